The molecule has 2 aliphatic rings. The number of halogens is 1. The Morgan fingerprint density at radius 1 is 1.05 bits per heavy atom. The van der Waals surface area contributed by atoms with E-state index in [2.05, 4.69) is 68.6 Å². The second kappa shape index (κ2) is 12.9. The fourth-order valence-electron chi connectivity index (χ4n) is 6.09. The zero-order chi connectivity index (χ0) is 29.9. The van der Waals surface area contributed by atoms with Crippen molar-refractivity contribution in [1.29, 1.82) is 0 Å². The van der Waals surface area contributed by atoms with Gasteiger partial charge in [-0.1, -0.05) is 29.8 Å². The summed E-state index contributed by atoms with van der Waals surface area (Å²) in [6.45, 7) is 11.4. The van der Waals surface area contributed by atoms with E-state index >= 15 is 0 Å². The monoisotopic (exact) mass is 591 g/mol. The summed E-state index contributed by atoms with van der Waals surface area (Å²) in [5.74, 6) is 1.41. The first-order valence-electron chi connectivity index (χ1n) is 14.7. The minimum atomic E-state index is -0.203. The lowest BCUT2D eigenvalue weighted by molar-refractivity contribution is 0.0401. The molecule has 224 valence electrons. The van der Waals surface area contributed by atoms with Crippen molar-refractivity contribution in [3.05, 3.63) is 64.3 Å². The summed E-state index contributed by atoms with van der Waals surface area (Å²) in [5, 5.41) is 9.55. The molecule has 2 aromatic carbocycles. The van der Waals surface area contributed by atoms with Gasteiger partial charge >= 0.3 is 0 Å². The molecule has 2 heterocycles. The van der Waals surface area contributed by atoms with Gasteiger partial charge in [0.05, 0.1) is 30.2 Å². The standard InChI is InChI=1S/C32H42ClN7O2/c1-32(2,3)40-17-15-39(16-18-40)22-9-8-11-23-21(19-22)13-14-27(28(23)42-5)37-31-35-20-25(33)29(38-31)36-26-12-7-6-10-24(26)30(41)34-4/h6-7,10,12-14,20,22H,8-9,11,15-19H2,1-5H3,(H,34,41)(H2,35,36,37,38)/t22-/m0/s1. The van der Waals surface area contributed by atoms with Crippen molar-refractivity contribution in [3.63, 3.8) is 0 Å². The van der Waals surface area contributed by atoms with E-state index in [0.29, 0.717) is 34.1 Å². The summed E-state index contributed by atoms with van der Waals surface area (Å²) in [7, 11) is 3.32. The molecule has 3 aromatic rings. The Labute approximate surface area is 254 Å². The Morgan fingerprint density at radius 2 is 1.81 bits per heavy atom. The maximum Gasteiger partial charge on any atom is 0.253 e. The van der Waals surface area contributed by atoms with Gasteiger partial charge in [-0.05, 0) is 75.8 Å². The number of amides is 1. The molecule has 1 fully saturated rings. The third kappa shape index (κ3) is 6.64. The topological polar surface area (TPSA) is 94.6 Å². The van der Waals surface area contributed by atoms with Crippen molar-refractivity contribution in [2.45, 2.75) is 58.0 Å². The average Bonchev–Trinajstić information content (AvgIpc) is 3.21. The number of nitrogens with one attached hydrogen (secondary N) is 3. The van der Waals surface area contributed by atoms with Crippen LogP contribution < -0.4 is 20.7 Å². The van der Waals surface area contributed by atoms with Gasteiger partial charge in [-0.2, -0.15) is 4.98 Å². The number of carbonyl (C=O) groups excluding carboxylic acids is 1. The van der Waals surface area contributed by atoms with Gasteiger partial charge in [-0.3, -0.25) is 14.6 Å². The first kappa shape index (κ1) is 30.1. The van der Waals surface area contributed by atoms with Crippen molar-refractivity contribution in [1.82, 2.24) is 25.1 Å². The quantitative estimate of drug-likeness (QED) is 0.304. The van der Waals surface area contributed by atoms with Gasteiger partial charge in [-0.25, -0.2) is 4.98 Å². The van der Waals surface area contributed by atoms with Gasteiger partial charge in [0.1, 0.15) is 10.8 Å². The highest BCUT2D eigenvalue weighted by atomic mass is 35.5. The van der Waals surface area contributed by atoms with Crippen LogP contribution in [0.3, 0.4) is 0 Å². The van der Waals surface area contributed by atoms with Crippen LogP contribution in [-0.2, 0) is 12.8 Å². The molecule has 1 aromatic heterocycles. The maximum absolute atomic E-state index is 12.3. The van der Waals surface area contributed by atoms with Crippen LogP contribution in [0.2, 0.25) is 5.02 Å². The number of hydrogen-bond donors (Lipinski definition) is 3. The number of nitrogens with zero attached hydrogens (tertiary/aromatic N) is 4. The molecule has 1 aliphatic carbocycles. The number of hydrogen-bond acceptors (Lipinski definition) is 8. The van der Waals surface area contributed by atoms with Crippen LogP contribution in [0.4, 0.5) is 23.1 Å². The molecular weight excluding hydrogens is 550 g/mol. The van der Waals surface area contributed by atoms with Gasteiger partial charge in [-0.15, -0.1) is 0 Å². The van der Waals surface area contributed by atoms with Gasteiger partial charge < -0.3 is 20.7 Å². The molecule has 3 N–H and O–H groups in total. The zero-order valence-electron chi connectivity index (χ0n) is 25.3. The number of benzene rings is 2. The van der Waals surface area contributed by atoms with E-state index in [-0.39, 0.29) is 11.4 Å². The molecular formula is C32H42ClN7O2. The van der Waals surface area contributed by atoms with Crippen LogP contribution in [-0.4, -0.2) is 77.6 Å². The van der Waals surface area contributed by atoms with Crippen molar-refractivity contribution >= 4 is 40.6 Å². The van der Waals surface area contributed by atoms with Gasteiger partial charge in [0.2, 0.25) is 5.95 Å². The van der Waals surface area contributed by atoms with Crippen LogP contribution in [0.15, 0.2) is 42.6 Å². The molecule has 0 saturated carbocycles. The number of para-hydroxylation sites is 1. The van der Waals surface area contributed by atoms with E-state index in [0.717, 1.165) is 56.9 Å². The SMILES string of the molecule is CNC(=O)c1ccccc1Nc1nc(Nc2ccc3c(c2OC)CCC[C@H](N2CCN(C(C)(C)C)CC2)C3)ncc1Cl. The second-order valence-electron chi connectivity index (χ2n) is 12.0. The third-order valence-corrected chi connectivity index (χ3v) is 8.68. The van der Waals surface area contributed by atoms with Gasteiger partial charge in [0.15, 0.2) is 5.82 Å². The van der Waals surface area contributed by atoms with Crippen LogP contribution in [0.5, 0.6) is 5.75 Å². The summed E-state index contributed by atoms with van der Waals surface area (Å²) < 4.78 is 5.98. The number of aromatic nitrogens is 2. The molecule has 0 unspecified atom stereocenters. The summed E-state index contributed by atoms with van der Waals surface area (Å²) >= 11 is 6.45. The van der Waals surface area contributed by atoms with E-state index in [1.54, 1.807) is 26.4 Å². The first-order valence-corrected chi connectivity index (χ1v) is 15.1. The minimum Gasteiger partial charge on any atom is -0.494 e. The molecule has 0 spiro atoms. The number of fused-ring (bicyclic) bond motifs is 1. The summed E-state index contributed by atoms with van der Waals surface area (Å²) in [4.78, 5) is 26.7. The Balaban J connectivity index is 1.34. The zero-order valence-corrected chi connectivity index (χ0v) is 26.0. The van der Waals surface area contributed by atoms with E-state index in [1.807, 2.05) is 18.2 Å². The van der Waals surface area contributed by atoms with Crippen LogP contribution >= 0.6 is 11.6 Å². The lowest BCUT2D eigenvalue weighted by atomic mass is 9.98. The Morgan fingerprint density at radius 3 is 2.52 bits per heavy atom. The Kier molecular flexibility index (Phi) is 9.20. The van der Waals surface area contributed by atoms with E-state index in [1.165, 1.54) is 17.5 Å². The molecule has 42 heavy (non-hydrogen) atoms. The highest BCUT2D eigenvalue weighted by Gasteiger charge is 2.31. The fraction of sp³-hybridized carbons (Fsp3) is 0.469. The molecule has 1 saturated heterocycles. The maximum atomic E-state index is 12.3. The van der Waals surface area contributed by atoms with Gasteiger partial charge in [0, 0.05) is 44.8 Å². The Bertz CT molecular complexity index is 1420. The highest BCUT2D eigenvalue weighted by Crippen LogP contribution is 2.38. The summed E-state index contributed by atoms with van der Waals surface area (Å²) in [6.07, 6.45) is 5.84. The van der Waals surface area contributed by atoms with Gasteiger partial charge in [0.25, 0.3) is 5.91 Å². The summed E-state index contributed by atoms with van der Waals surface area (Å²) in [6, 6.07) is 12.0. The lowest BCUT2D eigenvalue weighted by Gasteiger charge is -2.44. The van der Waals surface area contributed by atoms with Crippen molar-refractivity contribution in [2.75, 3.05) is 51.0 Å². The van der Waals surface area contributed by atoms with E-state index in [4.69, 9.17) is 16.3 Å². The lowest BCUT2D eigenvalue weighted by Crippen LogP contribution is -2.55. The summed E-state index contributed by atoms with van der Waals surface area (Å²) in [5.41, 5.74) is 4.73. The minimum absolute atomic E-state index is 0.203. The highest BCUT2D eigenvalue weighted by molar-refractivity contribution is 6.33. The third-order valence-electron chi connectivity index (χ3n) is 8.40. The number of anilines is 4. The molecule has 1 atom stereocenters. The first-order chi connectivity index (χ1) is 20.2. The van der Waals surface area contributed by atoms with Crippen molar-refractivity contribution < 1.29 is 9.53 Å². The fourth-order valence-corrected chi connectivity index (χ4v) is 6.23. The number of piperazine rings is 1. The smallest absolute Gasteiger partial charge is 0.253 e. The number of methoxy groups -OCH3 is 1. The van der Waals surface area contributed by atoms with Crippen molar-refractivity contribution in [2.24, 2.45) is 0 Å². The van der Waals surface area contributed by atoms with Crippen molar-refractivity contribution in [3.8, 4) is 5.75 Å². The molecule has 0 radical (unpaired) electrons. The Hall–Kier alpha value is -3.40. The largest absolute Gasteiger partial charge is 0.494 e. The molecule has 1 aliphatic heterocycles. The number of ether oxygens (including phenoxy) is 1. The van der Waals surface area contributed by atoms with Crippen LogP contribution in [0.25, 0.3) is 0 Å². The molecule has 9 nitrogen and oxygen atoms in total. The molecule has 1 amide bonds. The van der Waals surface area contributed by atoms with E-state index in [9.17, 15) is 4.79 Å². The number of carbonyl (C=O) groups is 1. The number of rotatable bonds is 7. The molecule has 5 rings (SSSR count). The second-order valence-corrected chi connectivity index (χ2v) is 12.4. The normalized spacial score (nSPS) is 18.1. The predicted octanol–water partition coefficient (Wildman–Crippen LogP) is 5.65. The average molecular weight is 592 g/mol. The van der Waals surface area contributed by atoms with Crippen LogP contribution in [0, 0.1) is 0 Å². The van der Waals surface area contributed by atoms with E-state index < -0.39 is 0 Å². The predicted molar refractivity (Wildman–Crippen MR) is 170 cm³/mol. The molecule has 10 heteroatoms. The van der Waals surface area contributed by atoms with Crippen LogP contribution in [0.1, 0.15) is 55.1 Å². The molecule has 0 bridgehead atoms.